The van der Waals surface area contributed by atoms with Crippen LogP contribution >= 0.6 is 0 Å². The van der Waals surface area contributed by atoms with Crippen LogP contribution in [0, 0.1) is 0 Å². The Morgan fingerprint density at radius 1 is 1.20 bits per heavy atom. The number of hydrogen-bond donors (Lipinski definition) is 1. The fourth-order valence-electron chi connectivity index (χ4n) is 1.97. The van der Waals surface area contributed by atoms with Crippen LogP contribution in [0.25, 0.3) is 0 Å². The summed E-state index contributed by atoms with van der Waals surface area (Å²) in [7, 11) is 0. The summed E-state index contributed by atoms with van der Waals surface area (Å²) < 4.78 is 0. The van der Waals surface area contributed by atoms with E-state index in [0.29, 0.717) is 0 Å². The van der Waals surface area contributed by atoms with Crippen LogP contribution in [0.5, 0.6) is 0 Å². The van der Waals surface area contributed by atoms with Gasteiger partial charge in [0, 0.05) is 12.6 Å². The number of nitrogens with one attached hydrogen (secondary N) is 1. The highest BCUT2D eigenvalue weighted by Gasteiger charge is 2.22. The lowest BCUT2D eigenvalue weighted by atomic mass is 10.2. The van der Waals surface area contributed by atoms with Gasteiger partial charge in [0.2, 0.25) is 0 Å². The summed E-state index contributed by atoms with van der Waals surface area (Å²) in [6.07, 6.45) is 4.13. The van der Waals surface area contributed by atoms with Gasteiger partial charge in [-0.25, -0.2) is 0 Å². The molecule has 0 saturated carbocycles. The van der Waals surface area contributed by atoms with E-state index in [2.05, 4.69) is 10.2 Å². The normalized spacial score (nSPS) is 40.8. The van der Waals surface area contributed by atoms with Gasteiger partial charge in [-0.05, 0) is 38.9 Å². The molecule has 1 N–H and O–H groups in total. The van der Waals surface area contributed by atoms with E-state index in [-0.39, 0.29) is 0 Å². The zero-order chi connectivity index (χ0) is 6.81. The van der Waals surface area contributed by atoms with Gasteiger partial charge < -0.3 is 10.2 Å². The van der Waals surface area contributed by atoms with E-state index in [1.807, 2.05) is 0 Å². The molecule has 0 radical (unpaired) electrons. The molecule has 2 aliphatic rings. The van der Waals surface area contributed by atoms with Crippen LogP contribution in [-0.4, -0.2) is 37.1 Å². The Morgan fingerprint density at radius 3 is 3.20 bits per heavy atom. The minimum atomic E-state index is 0.820. The quantitative estimate of drug-likeness (QED) is 0.525. The average molecular weight is 140 g/mol. The van der Waals surface area contributed by atoms with Gasteiger partial charge in [0.1, 0.15) is 0 Å². The Bertz CT molecular complexity index is 102. The predicted octanol–water partition coefficient (Wildman–Crippen LogP) is 0.444. The predicted molar refractivity (Wildman–Crippen MR) is 42.1 cm³/mol. The van der Waals surface area contributed by atoms with E-state index in [1.165, 1.54) is 45.4 Å². The van der Waals surface area contributed by atoms with Gasteiger partial charge in [0.15, 0.2) is 0 Å². The molecule has 0 aromatic carbocycles. The molecule has 2 rings (SSSR count). The molecule has 0 spiro atoms. The van der Waals surface area contributed by atoms with E-state index in [9.17, 15) is 0 Å². The first kappa shape index (κ1) is 6.62. The molecule has 58 valence electrons. The molecule has 2 aliphatic heterocycles. The third-order valence-corrected chi connectivity index (χ3v) is 2.61. The third kappa shape index (κ3) is 1.32. The smallest absolute Gasteiger partial charge is 0.0207 e. The molecule has 2 heterocycles. The molecule has 10 heavy (non-hydrogen) atoms. The Balaban J connectivity index is 1.91. The number of nitrogens with zero attached hydrogens (tertiary/aromatic N) is 1. The highest BCUT2D eigenvalue weighted by atomic mass is 15.2. The Labute approximate surface area is 62.6 Å². The van der Waals surface area contributed by atoms with Crippen molar-refractivity contribution in [2.45, 2.75) is 25.3 Å². The number of rotatable bonds is 0. The van der Waals surface area contributed by atoms with Crippen LogP contribution in [0.3, 0.4) is 0 Å². The molecule has 2 heteroatoms. The molecule has 0 amide bonds. The topological polar surface area (TPSA) is 15.3 Å². The summed E-state index contributed by atoms with van der Waals surface area (Å²) in [6.45, 7) is 5.23. The maximum absolute atomic E-state index is 3.57. The Hall–Kier alpha value is -0.0800. The van der Waals surface area contributed by atoms with Crippen molar-refractivity contribution in [1.29, 1.82) is 0 Å². The fourth-order valence-corrected chi connectivity index (χ4v) is 1.97. The van der Waals surface area contributed by atoms with E-state index >= 15 is 0 Å². The first-order chi connectivity index (χ1) is 4.95. The summed E-state index contributed by atoms with van der Waals surface area (Å²) in [5.74, 6) is 0. The maximum atomic E-state index is 3.57. The summed E-state index contributed by atoms with van der Waals surface area (Å²) in [5, 5.41) is 3.57. The lowest BCUT2D eigenvalue weighted by Crippen LogP contribution is -2.35. The standard InChI is InChI=1S/C8H16N2/c1-2-5-10-6-3-8(7-10)9-4-1/h8-9H,1-7H2. The lowest BCUT2D eigenvalue weighted by Gasteiger charge is -2.19. The van der Waals surface area contributed by atoms with E-state index < -0.39 is 0 Å². The number of hydrogen-bond acceptors (Lipinski definition) is 2. The Morgan fingerprint density at radius 2 is 2.20 bits per heavy atom. The van der Waals surface area contributed by atoms with Gasteiger partial charge in [-0.1, -0.05) is 0 Å². The monoisotopic (exact) mass is 140 g/mol. The van der Waals surface area contributed by atoms with Gasteiger partial charge in [-0.15, -0.1) is 0 Å². The van der Waals surface area contributed by atoms with Crippen LogP contribution in [0.4, 0.5) is 0 Å². The van der Waals surface area contributed by atoms with Crippen LogP contribution in [0.2, 0.25) is 0 Å². The second-order valence-electron chi connectivity index (χ2n) is 3.45. The summed E-state index contributed by atoms with van der Waals surface area (Å²) in [4.78, 5) is 2.58. The van der Waals surface area contributed by atoms with Crippen LogP contribution in [-0.2, 0) is 0 Å². The molecule has 0 aromatic heterocycles. The lowest BCUT2D eigenvalue weighted by molar-refractivity contribution is 0.304. The van der Waals surface area contributed by atoms with Crippen LogP contribution < -0.4 is 5.32 Å². The third-order valence-electron chi connectivity index (χ3n) is 2.61. The second kappa shape index (κ2) is 2.89. The number of fused-ring (bicyclic) bond motifs is 2. The molecular weight excluding hydrogens is 124 g/mol. The van der Waals surface area contributed by atoms with Gasteiger partial charge in [-0.3, -0.25) is 0 Å². The molecule has 2 nitrogen and oxygen atoms in total. The second-order valence-corrected chi connectivity index (χ2v) is 3.45. The van der Waals surface area contributed by atoms with Gasteiger partial charge in [-0.2, -0.15) is 0 Å². The molecule has 2 bridgehead atoms. The molecule has 2 saturated heterocycles. The van der Waals surface area contributed by atoms with Crippen molar-refractivity contribution in [1.82, 2.24) is 10.2 Å². The largest absolute Gasteiger partial charge is 0.313 e. The first-order valence-corrected chi connectivity index (χ1v) is 4.41. The van der Waals surface area contributed by atoms with E-state index in [1.54, 1.807) is 0 Å². The minimum Gasteiger partial charge on any atom is -0.313 e. The van der Waals surface area contributed by atoms with Crippen LogP contribution in [0.15, 0.2) is 0 Å². The van der Waals surface area contributed by atoms with Crippen molar-refractivity contribution in [2.75, 3.05) is 26.2 Å². The SMILES string of the molecule is C1CCN2CCC(C2)NC1. The summed E-state index contributed by atoms with van der Waals surface area (Å²) in [5.41, 5.74) is 0. The first-order valence-electron chi connectivity index (χ1n) is 4.41. The fraction of sp³-hybridized carbons (Fsp3) is 1.00. The molecular formula is C8H16N2. The van der Waals surface area contributed by atoms with Crippen molar-refractivity contribution >= 4 is 0 Å². The van der Waals surface area contributed by atoms with E-state index in [0.717, 1.165) is 6.04 Å². The average Bonchev–Trinajstić information content (AvgIpc) is 2.30. The van der Waals surface area contributed by atoms with Gasteiger partial charge in [0.25, 0.3) is 0 Å². The zero-order valence-corrected chi connectivity index (χ0v) is 6.47. The molecule has 2 atom stereocenters. The molecule has 0 aromatic rings. The Kier molecular flexibility index (Phi) is 1.91. The highest BCUT2D eigenvalue weighted by molar-refractivity contribution is 4.82. The van der Waals surface area contributed by atoms with Crippen molar-refractivity contribution in [2.24, 2.45) is 0 Å². The molecule has 0 aliphatic carbocycles. The van der Waals surface area contributed by atoms with Crippen molar-refractivity contribution in [3.05, 3.63) is 0 Å². The van der Waals surface area contributed by atoms with Crippen molar-refractivity contribution in [3.8, 4) is 0 Å². The summed E-state index contributed by atoms with van der Waals surface area (Å²) in [6, 6.07) is 0.820. The van der Waals surface area contributed by atoms with Crippen LogP contribution in [0.1, 0.15) is 19.3 Å². The van der Waals surface area contributed by atoms with E-state index in [4.69, 9.17) is 0 Å². The van der Waals surface area contributed by atoms with Gasteiger partial charge >= 0.3 is 0 Å². The summed E-state index contributed by atoms with van der Waals surface area (Å²) >= 11 is 0. The van der Waals surface area contributed by atoms with Crippen molar-refractivity contribution < 1.29 is 0 Å². The molecule has 2 fully saturated rings. The van der Waals surface area contributed by atoms with Crippen molar-refractivity contribution in [3.63, 3.8) is 0 Å². The van der Waals surface area contributed by atoms with Gasteiger partial charge in [0.05, 0.1) is 0 Å². The maximum Gasteiger partial charge on any atom is 0.0207 e. The highest BCUT2D eigenvalue weighted by Crippen LogP contribution is 2.12. The minimum absolute atomic E-state index is 0.820. The zero-order valence-electron chi connectivity index (χ0n) is 6.47. The molecule has 2 unspecified atom stereocenters.